The van der Waals surface area contributed by atoms with Crippen molar-refractivity contribution in [1.82, 2.24) is 9.97 Å². The van der Waals surface area contributed by atoms with E-state index >= 15 is 0 Å². The minimum atomic E-state index is -0.198. The van der Waals surface area contributed by atoms with E-state index in [1.165, 1.54) is 6.07 Å². The van der Waals surface area contributed by atoms with E-state index in [-0.39, 0.29) is 5.82 Å². The van der Waals surface area contributed by atoms with Gasteiger partial charge in [0.25, 0.3) is 0 Å². The number of nitrogens with zero attached hydrogens (tertiary/aromatic N) is 3. The van der Waals surface area contributed by atoms with Gasteiger partial charge in [-0.3, -0.25) is 0 Å². The molecule has 1 N–H and O–H groups in total. The van der Waals surface area contributed by atoms with Crippen molar-refractivity contribution in [1.29, 1.82) is 0 Å². The molecule has 0 amide bonds. The van der Waals surface area contributed by atoms with Gasteiger partial charge in [0.05, 0.1) is 0 Å². The first-order chi connectivity index (χ1) is 9.52. The van der Waals surface area contributed by atoms with Crippen LogP contribution in [-0.2, 0) is 6.54 Å². The molecule has 5 heteroatoms. The molecule has 2 aromatic rings. The van der Waals surface area contributed by atoms with Gasteiger partial charge in [0.1, 0.15) is 23.3 Å². The van der Waals surface area contributed by atoms with Crippen molar-refractivity contribution < 1.29 is 4.39 Å². The van der Waals surface area contributed by atoms with Gasteiger partial charge in [0.2, 0.25) is 0 Å². The average molecular weight is 274 g/mol. The zero-order chi connectivity index (χ0) is 14.7. The number of halogens is 1. The lowest BCUT2D eigenvalue weighted by atomic mass is 10.2. The summed E-state index contributed by atoms with van der Waals surface area (Å²) in [6.07, 6.45) is 0. The molecule has 0 bridgehead atoms. The molecule has 20 heavy (non-hydrogen) atoms. The van der Waals surface area contributed by atoms with Gasteiger partial charge in [-0.2, -0.15) is 0 Å². The van der Waals surface area contributed by atoms with Gasteiger partial charge < -0.3 is 10.2 Å². The molecule has 0 aliphatic carbocycles. The van der Waals surface area contributed by atoms with E-state index in [2.05, 4.69) is 15.3 Å². The lowest BCUT2D eigenvalue weighted by Gasteiger charge is -2.22. The predicted octanol–water partition coefficient (Wildman–Crippen LogP) is 2.91. The summed E-state index contributed by atoms with van der Waals surface area (Å²) < 4.78 is 13.7. The summed E-state index contributed by atoms with van der Waals surface area (Å²) in [4.78, 5) is 10.7. The molecule has 0 radical (unpaired) electrons. The third-order valence-electron chi connectivity index (χ3n) is 3.20. The van der Waals surface area contributed by atoms with E-state index in [0.717, 1.165) is 17.2 Å². The Balaban J connectivity index is 2.32. The minimum Gasteiger partial charge on any atom is -0.373 e. The standard InChI is InChI=1S/C15H19FN4/c1-10-14(17-3)18-11(2)19-15(10)20(4)9-12-7-5-6-8-13(12)16/h5-8H,9H2,1-4H3,(H,17,18,19). The smallest absolute Gasteiger partial charge is 0.137 e. The van der Waals surface area contributed by atoms with E-state index in [1.807, 2.05) is 38.9 Å². The van der Waals surface area contributed by atoms with Crippen LogP contribution in [-0.4, -0.2) is 24.1 Å². The van der Waals surface area contributed by atoms with Crippen LogP contribution in [0.2, 0.25) is 0 Å². The Hall–Kier alpha value is -2.17. The fourth-order valence-corrected chi connectivity index (χ4v) is 2.19. The van der Waals surface area contributed by atoms with E-state index < -0.39 is 0 Å². The average Bonchev–Trinajstić information content (AvgIpc) is 2.43. The summed E-state index contributed by atoms with van der Waals surface area (Å²) in [7, 11) is 3.73. The highest BCUT2D eigenvalue weighted by molar-refractivity contribution is 5.58. The molecule has 0 saturated heterocycles. The Morgan fingerprint density at radius 2 is 1.90 bits per heavy atom. The van der Waals surface area contributed by atoms with Crippen LogP contribution in [0.15, 0.2) is 24.3 Å². The van der Waals surface area contributed by atoms with Gasteiger partial charge in [-0.25, -0.2) is 14.4 Å². The van der Waals surface area contributed by atoms with Crippen molar-refractivity contribution >= 4 is 11.6 Å². The highest BCUT2D eigenvalue weighted by atomic mass is 19.1. The third-order valence-corrected chi connectivity index (χ3v) is 3.20. The van der Waals surface area contributed by atoms with Crippen LogP contribution in [0.3, 0.4) is 0 Å². The fourth-order valence-electron chi connectivity index (χ4n) is 2.19. The van der Waals surface area contributed by atoms with Crippen molar-refractivity contribution in [3.63, 3.8) is 0 Å². The minimum absolute atomic E-state index is 0.198. The number of aromatic nitrogens is 2. The Morgan fingerprint density at radius 3 is 2.55 bits per heavy atom. The van der Waals surface area contributed by atoms with Crippen LogP contribution >= 0.6 is 0 Å². The number of hydrogen-bond donors (Lipinski definition) is 1. The molecule has 4 nitrogen and oxygen atoms in total. The topological polar surface area (TPSA) is 41.1 Å². The Labute approximate surface area is 118 Å². The number of benzene rings is 1. The lowest BCUT2D eigenvalue weighted by molar-refractivity contribution is 0.607. The highest BCUT2D eigenvalue weighted by Crippen LogP contribution is 2.24. The quantitative estimate of drug-likeness (QED) is 0.930. The number of aryl methyl sites for hydroxylation is 1. The second-order valence-electron chi connectivity index (χ2n) is 4.77. The number of rotatable bonds is 4. The van der Waals surface area contributed by atoms with Crippen LogP contribution in [0, 0.1) is 19.7 Å². The molecular formula is C15H19FN4. The first-order valence-corrected chi connectivity index (χ1v) is 6.50. The van der Waals surface area contributed by atoms with E-state index in [1.54, 1.807) is 12.1 Å². The molecule has 1 aromatic heterocycles. The van der Waals surface area contributed by atoms with Crippen LogP contribution in [0.5, 0.6) is 0 Å². The second kappa shape index (κ2) is 5.86. The Kier molecular flexibility index (Phi) is 4.17. The maximum Gasteiger partial charge on any atom is 0.137 e. The van der Waals surface area contributed by atoms with Crippen molar-refractivity contribution in [2.45, 2.75) is 20.4 Å². The van der Waals surface area contributed by atoms with Gasteiger partial charge >= 0.3 is 0 Å². The summed E-state index contributed by atoms with van der Waals surface area (Å²) >= 11 is 0. The summed E-state index contributed by atoms with van der Waals surface area (Å²) in [5, 5.41) is 3.05. The molecule has 1 heterocycles. The summed E-state index contributed by atoms with van der Waals surface area (Å²) in [6.45, 7) is 4.27. The fraction of sp³-hybridized carbons (Fsp3) is 0.333. The zero-order valence-corrected chi connectivity index (χ0v) is 12.2. The second-order valence-corrected chi connectivity index (χ2v) is 4.77. The third kappa shape index (κ3) is 2.87. The molecule has 106 valence electrons. The normalized spacial score (nSPS) is 10.4. The molecule has 2 rings (SSSR count). The Bertz CT molecular complexity index is 613. The molecule has 0 unspecified atom stereocenters. The molecule has 1 aromatic carbocycles. The molecule has 0 fully saturated rings. The van der Waals surface area contributed by atoms with Crippen molar-refractivity contribution in [2.75, 3.05) is 24.3 Å². The number of anilines is 2. The van der Waals surface area contributed by atoms with Gasteiger partial charge in [0, 0.05) is 31.8 Å². The molecular weight excluding hydrogens is 255 g/mol. The lowest BCUT2D eigenvalue weighted by Crippen LogP contribution is -2.21. The summed E-state index contributed by atoms with van der Waals surface area (Å²) in [6, 6.07) is 6.79. The van der Waals surface area contributed by atoms with Gasteiger partial charge in [0.15, 0.2) is 0 Å². The van der Waals surface area contributed by atoms with Gasteiger partial charge in [-0.15, -0.1) is 0 Å². The number of nitrogens with one attached hydrogen (secondary N) is 1. The summed E-state index contributed by atoms with van der Waals surface area (Å²) in [5.74, 6) is 2.10. The predicted molar refractivity (Wildman–Crippen MR) is 79.6 cm³/mol. The SMILES string of the molecule is CNc1nc(C)nc(N(C)Cc2ccccc2F)c1C. The molecule has 0 spiro atoms. The molecule has 0 aliphatic heterocycles. The summed E-state index contributed by atoms with van der Waals surface area (Å²) in [5.41, 5.74) is 1.61. The zero-order valence-electron chi connectivity index (χ0n) is 12.2. The molecule has 0 aliphatic rings. The van der Waals surface area contributed by atoms with Crippen LogP contribution in [0.1, 0.15) is 17.0 Å². The first-order valence-electron chi connectivity index (χ1n) is 6.50. The van der Waals surface area contributed by atoms with E-state index in [4.69, 9.17) is 0 Å². The van der Waals surface area contributed by atoms with Gasteiger partial charge in [-0.1, -0.05) is 18.2 Å². The number of hydrogen-bond acceptors (Lipinski definition) is 4. The maximum atomic E-state index is 13.7. The van der Waals surface area contributed by atoms with Gasteiger partial charge in [-0.05, 0) is 19.9 Å². The first kappa shape index (κ1) is 14.2. The van der Waals surface area contributed by atoms with Crippen molar-refractivity contribution in [2.24, 2.45) is 0 Å². The van der Waals surface area contributed by atoms with Crippen molar-refractivity contribution in [3.8, 4) is 0 Å². The van der Waals surface area contributed by atoms with Crippen LogP contribution < -0.4 is 10.2 Å². The van der Waals surface area contributed by atoms with Crippen molar-refractivity contribution in [3.05, 3.63) is 47.0 Å². The maximum absolute atomic E-state index is 13.7. The molecule has 0 saturated carbocycles. The largest absolute Gasteiger partial charge is 0.373 e. The van der Waals surface area contributed by atoms with E-state index in [9.17, 15) is 4.39 Å². The monoisotopic (exact) mass is 274 g/mol. The van der Waals surface area contributed by atoms with Crippen LogP contribution in [0.25, 0.3) is 0 Å². The molecule has 0 atom stereocenters. The van der Waals surface area contributed by atoms with E-state index in [0.29, 0.717) is 17.9 Å². The van der Waals surface area contributed by atoms with Crippen LogP contribution in [0.4, 0.5) is 16.0 Å². The highest BCUT2D eigenvalue weighted by Gasteiger charge is 2.13. The Morgan fingerprint density at radius 1 is 1.20 bits per heavy atom.